The average Bonchev–Trinajstić information content (AvgIpc) is 2.30. The largest absolute Gasteiger partial charge is 0.396 e. The molecule has 0 unspecified atom stereocenters. The van der Waals surface area contributed by atoms with Gasteiger partial charge in [0.25, 0.3) is 0 Å². The van der Waals surface area contributed by atoms with E-state index >= 15 is 0 Å². The lowest BCUT2D eigenvalue weighted by Gasteiger charge is -2.22. The maximum Gasteiger partial charge on any atom is 0.0446 e. The first-order valence-corrected chi connectivity index (χ1v) is 7.56. The van der Waals surface area contributed by atoms with Crippen molar-refractivity contribution in [2.75, 3.05) is 18.6 Å². The van der Waals surface area contributed by atoms with Gasteiger partial charge in [0.1, 0.15) is 0 Å². The van der Waals surface area contributed by atoms with Crippen LogP contribution in [0.4, 0.5) is 0 Å². The van der Waals surface area contributed by atoms with Gasteiger partial charge in [0.15, 0.2) is 0 Å². The van der Waals surface area contributed by atoms with Gasteiger partial charge in [-0.25, -0.2) is 0 Å². The predicted octanol–water partition coefficient (Wildman–Crippen LogP) is 3.10. The summed E-state index contributed by atoms with van der Waals surface area (Å²) in [5.41, 5.74) is 1.22. The van der Waals surface area contributed by atoms with Crippen LogP contribution < -0.4 is 5.32 Å². The number of halogens is 1. The third kappa shape index (κ3) is 5.30. The molecule has 0 fully saturated rings. The van der Waals surface area contributed by atoms with Crippen molar-refractivity contribution in [3.05, 3.63) is 34.9 Å². The van der Waals surface area contributed by atoms with Crippen LogP contribution in [0.5, 0.6) is 0 Å². The van der Waals surface area contributed by atoms with Crippen molar-refractivity contribution < 1.29 is 5.11 Å². The lowest BCUT2D eigenvalue weighted by atomic mass is 10.1. The number of nitrogens with one attached hydrogen (secondary N) is 1. The van der Waals surface area contributed by atoms with E-state index in [1.165, 1.54) is 5.56 Å². The summed E-state index contributed by atoms with van der Waals surface area (Å²) in [7, 11) is 0. The highest BCUT2D eigenvalue weighted by molar-refractivity contribution is 7.98. The van der Waals surface area contributed by atoms with Gasteiger partial charge in [-0.05, 0) is 37.3 Å². The van der Waals surface area contributed by atoms with Crippen LogP contribution in [0.1, 0.15) is 24.9 Å². The summed E-state index contributed by atoms with van der Waals surface area (Å²) in [6.07, 6.45) is 2.87. The Hall–Kier alpha value is -0.220. The summed E-state index contributed by atoms with van der Waals surface area (Å²) in [5.74, 6) is 1.01. The Bertz CT molecular complexity index is 312. The number of hydrogen-bond donors (Lipinski definition) is 2. The number of aliphatic hydroxyl groups excluding tert-OH is 1. The van der Waals surface area contributed by atoms with Crippen LogP contribution in [0.25, 0.3) is 0 Å². The predicted molar refractivity (Wildman–Crippen MR) is 76.9 cm³/mol. The van der Waals surface area contributed by atoms with E-state index in [4.69, 9.17) is 16.7 Å². The first-order valence-electron chi connectivity index (χ1n) is 5.78. The third-order valence-electron chi connectivity index (χ3n) is 2.70. The molecule has 1 aromatic carbocycles. The van der Waals surface area contributed by atoms with Gasteiger partial charge >= 0.3 is 0 Å². The second-order valence-corrected chi connectivity index (χ2v) is 5.45. The maximum atomic E-state index is 9.02. The Labute approximate surface area is 113 Å². The number of rotatable bonds is 7. The molecule has 2 N–H and O–H groups in total. The molecule has 2 nitrogen and oxygen atoms in total. The molecule has 0 aromatic heterocycles. The van der Waals surface area contributed by atoms with Crippen LogP contribution in [-0.2, 0) is 0 Å². The summed E-state index contributed by atoms with van der Waals surface area (Å²) >= 11 is 7.66. The van der Waals surface area contributed by atoms with Gasteiger partial charge in [-0.15, -0.1) is 0 Å². The molecule has 0 aliphatic rings. The highest BCUT2D eigenvalue weighted by Crippen LogP contribution is 2.17. The number of benzene rings is 1. The molecule has 0 aliphatic carbocycles. The monoisotopic (exact) mass is 273 g/mol. The SMILES string of the molecule is CSC[C@@H](CCO)N[C@H](C)c1ccc(Cl)cc1. The average molecular weight is 274 g/mol. The minimum absolute atomic E-state index is 0.228. The van der Waals surface area contributed by atoms with E-state index in [2.05, 4.69) is 18.5 Å². The Kier molecular flexibility index (Phi) is 6.97. The number of thioether (sulfide) groups is 1. The van der Waals surface area contributed by atoms with E-state index in [0.717, 1.165) is 17.2 Å². The molecule has 0 bridgehead atoms. The molecule has 0 heterocycles. The fraction of sp³-hybridized carbons (Fsp3) is 0.538. The van der Waals surface area contributed by atoms with Crippen molar-refractivity contribution in [1.82, 2.24) is 5.32 Å². The smallest absolute Gasteiger partial charge is 0.0446 e. The second kappa shape index (κ2) is 7.98. The van der Waals surface area contributed by atoms with Crippen molar-refractivity contribution >= 4 is 23.4 Å². The lowest BCUT2D eigenvalue weighted by Crippen LogP contribution is -2.34. The maximum absolute atomic E-state index is 9.02. The zero-order valence-corrected chi connectivity index (χ0v) is 11.9. The zero-order chi connectivity index (χ0) is 12.7. The summed E-state index contributed by atoms with van der Waals surface area (Å²) in [5, 5.41) is 13.3. The molecule has 0 spiro atoms. The van der Waals surface area contributed by atoms with Crippen LogP contribution in [-0.4, -0.2) is 29.8 Å². The zero-order valence-electron chi connectivity index (χ0n) is 10.3. The van der Waals surface area contributed by atoms with Crippen LogP contribution in [0.2, 0.25) is 5.02 Å². The first-order chi connectivity index (χ1) is 8.17. The Morgan fingerprint density at radius 1 is 1.35 bits per heavy atom. The molecule has 96 valence electrons. The van der Waals surface area contributed by atoms with Gasteiger partial charge in [-0.1, -0.05) is 23.7 Å². The molecule has 0 saturated carbocycles. The molecular weight excluding hydrogens is 254 g/mol. The molecule has 1 rings (SSSR count). The Morgan fingerprint density at radius 3 is 2.53 bits per heavy atom. The third-order valence-corrected chi connectivity index (χ3v) is 3.69. The van der Waals surface area contributed by atoms with E-state index < -0.39 is 0 Å². The fourth-order valence-corrected chi connectivity index (χ4v) is 2.56. The highest BCUT2D eigenvalue weighted by atomic mass is 35.5. The minimum Gasteiger partial charge on any atom is -0.396 e. The molecule has 2 atom stereocenters. The topological polar surface area (TPSA) is 32.3 Å². The summed E-state index contributed by atoms with van der Waals surface area (Å²) in [6, 6.07) is 8.51. The van der Waals surface area contributed by atoms with E-state index in [1.807, 2.05) is 24.3 Å². The number of hydrogen-bond acceptors (Lipinski definition) is 3. The van der Waals surface area contributed by atoms with Gasteiger partial charge in [-0.3, -0.25) is 0 Å². The Balaban J connectivity index is 2.56. The normalized spacial score (nSPS) is 14.6. The molecule has 0 saturated heterocycles. The fourth-order valence-electron chi connectivity index (χ4n) is 1.77. The molecule has 4 heteroatoms. The molecular formula is C13H20ClNOS. The molecule has 1 aromatic rings. The van der Waals surface area contributed by atoms with Gasteiger partial charge in [0.2, 0.25) is 0 Å². The van der Waals surface area contributed by atoms with Crippen LogP contribution in [0, 0.1) is 0 Å². The lowest BCUT2D eigenvalue weighted by molar-refractivity contribution is 0.265. The van der Waals surface area contributed by atoms with Crippen molar-refractivity contribution in [2.45, 2.75) is 25.4 Å². The van der Waals surface area contributed by atoms with Gasteiger partial charge in [-0.2, -0.15) is 11.8 Å². The Morgan fingerprint density at radius 2 is 2.00 bits per heavy atom. The van der Waals surface area contributed by atoms with Crippen LogP contribution >= 0.6 is 23.4 Å². The van der Waals surface area contributed by atoms with E-state index in [1.54, 1.807) is 11.8 Å². The summed E-state index contributed by atoms with van der Waals surface area (Å²) < 4.78 is 0. The van der Waals surface area contributed by atoms with Crippen LogP contribution in [0.15, 0.2) is 24.3 Å². The van der Waals surface area contributed by atoms with Gasteiger partial charge < -0.3 is 10.4 Å². The number of aliphatic hydroxyl groups is 1. The molecule has 17 heavy (non-hydrogen) atoms. The highest BCUT2D eigenvalue weighted by Gasteiger charge is 2.12. The second-order valence-electron chi connectivity index (χ2n) is 4.10. The van der Waals surface area contributed by atoms with E-state index in [0.29, 0.717) is 6.04 Å². The van der Waals surface area contributed by atoms with Crippen molar-refractivity contribution in [2.24, 2.45) is 0 Å². The first kappa shape index (κ1) is 14.8. The van der Waals surface area contributed by atoms with E-state index in [-0.39, 0.29) is 12.6 Å². The van der Waals surface area contributed by atoms with Gasteiger partial charge in [0.05, 0.1) is 0 Å². The van der Waals surface area contributed by atoms with Crippen molar-refractivity contribution in [3.8, 4) is 0 Å². The quantitative estimate of drug-likeness (QED) is 0.801. The van der Waals surface area contributed by atoms with Crippen LogP contribution in [0.3, 0.4) is 0 Å². The molecule has 0 radical (unpaired) electrons. The summed E-state index contributed by atoms with van der Waals surface area (Å²) in [4.78, 5) is 0. The molecule has 0 aliphatic heterocycles. The molecule has 0 amide bonds. The van der Waals surface area contributed by atoms with Crippen molar-refractivity contribution in [3.63, 3.8) is 0 Å². The van der Waals surface area contributed by atoms with Crippen molar-refractivity contribution in [1.29, 1.82) is 0 Å². The standard InChI is InChI=1S/C13H20ClNOS/c1-10(11-3-5-12(14)6-4-11)15-13(7-8-16)9-17-2/h3-6,10,13,15-16H,7-9H2,1-2H3/t10-,13-/m1/s1. The summed E-state index contributed by atoms with van der Waals surface area (Å²) in [6.45, 7) is 2.36. The van der Waals surface area contributed by atoms with E-state index in [9.17, 15) is 0 Å². The van der Waals surface area contributed by atoms with Gasteiger partial charge in [0, 0.05) is 29.5 Å². The minimum atomic E-state index is 0.228.